The van der Waals surface area contributed by atoms with Crippen molar-refractivity contribution in [2.24, 2.45) is 0 Å². The fraction of sp³-hybridized carbons (Fsp3) is 0.429. The molecule has 1 aromatic rings. The zero-order valence-corrected chi connectivity index (χ0v) is 11.5. The van der Waals surface area contributed by atoms with E-state index in [4.69, 9.17) is 9.84 Å². The molecule has 20 heavy (non-hydrogen) atoms. The number of benzene rings is 1. The molecule has 6 heteroatoms. The van der Waals surface area contributed by atoms with Gasteiger partial charge in [-0.25, -0.2) is 0 Å². The quantitative estimate of drug-likeness (QED) is 0.578. The number of aryl methyl sites for hydroxylation is 1. The number of aliphatic hydroxyl groups excluding tert-OH is 1. The molecule has 0 aliphatic heterocycles. The minimum absolute atomic E-state index is 0.0412. The molecule has 0 aromatic heterocycles. The smallest absolute Gasteiger partial charge is 0.251 e. The molecule has 6 nitrogen and oxygen atoms in total. The minimum Gasteiger partial charge on any atom is -0.394 e. The maximum absolute atomic E-state index is 11.8. The monoisotopic (exact) mass is 280 g/mol. The Bertz CT molecular complexity index is 449. The van der Waals surface area contributed by atoms with Crippen molar-refractivity contribution in [1.29, 1.82) is 0 Å². The number of hydrogen-bond acceptors (Lipinski definition) is 4. The van der Waals surface area contributed by atoms with Gasteiger partial charge in [-0.15, -0.1) is 0 Å². The highest BCUT2D eigenvalue weighted by atomic mass is 16.5. The first-order valence-electron chi connectivity index (χ1n) is 6.43. The van der Waals surface area contributed by atoms with Crippen LogP contribution in [0, 0.1) is 6.92 Å². The van der Waals surface area contributed by atoms with E-state index in [1.807, 2.05) is 13.0 Å². The van der Waals surface area contributed by atoms with Gasteiger partial charge in [-0.1, -0.05) is 17.7 Å². The fourth-order valence-electron chi connectivity index (χ4n) is 1.54. The van der Waals surface area contributed by atoms with E-state index in [2.05, 4.69) is 10.6 Å². The molecule has 0 fully saturated rings. The molecule has 0 bridgehead atoms. The highest BCUT2D eigenvalue weighted by Crippen LogP contribution is 2.03. The molecule has 0 saturated heterocycles. The molecule has 3 N–H and O–H groups in total. The second kappa shape index (κ2) is 9.06. The number of ether oxygens (including phenoxy) is 1. The average molecular weight is 280 g/mol. The molecule has 0 aliphatic carbocycles. The van der Waals surface area contributed by atoms with E-state index in [0.717, 1.165) is 5.56 Å². The number of hydrogen-bond donors (Lipinski definition) is 3. The molecule has 1 rings (SSSR count). The first-order chi connectivity index (χ1) is 9.63. The topological polar surface area (TPSA) is 87.7 Å². The molecular formula is C14H20N2O4. The molecule has 0 unspecified atom stereocenters. The lowest BCUT2D eigenvalue weighted by atomic mass is 10.1. The first-order valence-corrected chi connectivity index (χ1v) is 6.43. The van der Waals surface area contributed by atoms with Crippen molar-refractivity contribution in [1.82, 2.24) is 10.6 Å². The summed E-state index contributed by atoms with van der Waals surface area (Å²) in [5, 5.41) is 13.6. The maximum Gasteiger partial charge on any atom is 0.251 e. The number of carbonyl (C=O) groups is 2. The Balaban J connectivity index is 2.22. The summed E-state index contributed by atoms with van der Waals surface area (Å²) >= 11 is 0. The molecule has 0 spiro atoms. The minimum atomic E-state index is -0.279. The van der Waals surface area contributed by atoms with Crippen molar-refractivity contribution in [3.8, 4) is 0 Å². The lowest BCUT2D eigenvalue weighted by molar-refractivity contribution is -0.120. The summed E-state index contributed by atoms with van der Waals surface area (Å²) in [4.78, 5) is 23.2. The van der Waals surface area contributed by atoms with Gasteiger partial charge in [0.05, 0.1) is 26.4 Å². The predicted molar refractivity (Wildman–Crippen MR) is 74.4 cm³/mol. The maximum atomic E-state index is 11.8. The molecule has 0 aliphatic rings. The third-order valence-corrected chi connectivity index (χ3v) is 2.49. The van der Waals surface area contributed by atoms with Crippen LogP contribution in [0.5, 0.6) is 0 Å². The van der Waals surface area contributed by atoms with Crippen LogP contribution in [0.15, 0.2) is 24.3 Å². The van der Waals surface area contributed by atoms with Crippen LogP contribution in [0.4, 0.5) is 0 Å². The molecule has 0 saturated carbocycles. The van der Waals surface area contributed by atoms with E-state index >= 15 is 0 Å². The molecular weight excluding hydrogens is 260 g/mol. The Morgan fingerprint density at radius 3 is 2.75 bits per heavy atom. The van der Waals surface area contributed by atoms with Crippen molar-refractivity contribution >= 4 is 11.8 Å². The summed E-state index contributed by atoms with van der Waals surface area (Å²) in [6.45, 7) is 2.71. The number of aliphatic hydroxyl groups is 1. The Morgan fingerprint density at radius 2 is 2.05 bits per heavy atom. The van der Waals surface area contributed by atoms with Gasteiger partial charge in [-0.05, 0) is 19.1 Å². The molecule has 110 valence electrons. The fourth-order valence-corrected chi connectivity index (χ4v) is 1.54. The van der Waals surface area contributed by atoms with E-state index in [1.165, 1.54) is 0 Å². The van der Waals surface area contributed by atoms with Gasteiger partial charge >= 0.3 is 0 Å². The van der Waals surface area contributed by atoms with E-state index in [9.17, 15) is 9.59 Å². The van der Waals surface area contributed by atoms with Gasteiger partial charge in [-0.2, -0.15) is 0 Å². The van der Waals surface area contributed by atoms with E-state index in [0.29, 0.717) is 18.7 Å². The molecule has 1 aromatic carbocycles. The van der Waals surface area contributed by atoms with Crippen molar-refractivity contribution < 1.29 is 19.4 Å². The average Bonchev–Trinajstić information content (AvgIpc) is 2.44. The zero-order chi connectivity index (χ0) is 14.8. The number of nitrogens with one attached hydrogen (secondary N) is 2. The Labute approximate surface area is 118 Å². The normalized spacial score (nSPS) is 10.1. The van der Waals surface area contributed by atoms with Crippen LogP contribution in [0.25, 0.3) is 0 Å². The standard InChI is InChI=1S/C14H20N2O4/c1-11-3-2-4-12(9-11)14(19)16-10-13(18)15-5-7-20-8-6-17/h2-4,9,17H,5-8,10H2,1H3,(H,15,18)(H,16,19). The number of carbonyl (C=O) groups excluding carboxylic acids is 2. The van der Waals surface area contributed by atoms with Gasteiger partial charge < -0.3 is 20.5 Å². The second-order valence-electron chi connectivity index (χ2n) is 4.24. The van der Waals surface area contributed by atoms with Crippen LogP contribution in [0.1, 0.15) is 15.9 Å². The van der Waals surface area contributed by atoms with E-state index in [1.54, 1.807) is 18.2 Å². The predicted octanol–water partition coefficient (Wildman–Crippen LogP) is -0.150. The summed E-state index contributed by atoms with van der Waals surface area (Å²) in [6.07, 6.45) is 0. The van der Waals surface area contributed by atoms with Crippen molar-refractivity contribution in [3.63, 3.8) is 0 Å². The molecule has 0 radical (unpaired) electrons. The highest BCUT2D eigenvalue weighted by Gasteiger charge is 2.07. The SMILES string of the molecule is Cc1cccc(C(=O)NCC(=O)NCCOCCO)c1. The Hall–Kier alpha value is -1.92. The molecule has 2 amide bonds. The van der Waals surface area contributed by atoms with Crippen LogP contribution in [-0.4, -0.2) is 49.8 Å². The van der Waals surface area contributed by atoms with Crippen LogP contribution < -0.4 is 10.6 Å². The second-order valence-corrected chi connectivity index (χ2v) is 4.24. The number of amides is 2. The van der Waals surface area contributed by atoms with Gasteiger partial charge in [0.1, 0.15) is 0 Å². The van der Waals surface area contributed by atoms with Crippen LogP contribution in [-0.2, 0) is 9.53 Å². The summed E-state index contributed by atoms with van der Waals surface area (Å²) in [7, 11) is 0. The van der Waals surface area contributed by atoms with Gasteiger partial charge in [0.15, 0.2) is 0 Å². The summed E-state index contributed by atoms with van der Waals surface area (Å²) < 4.78 is 4.99. The summed E-state index contributed by atoms with van der Waals surface area (Å²) in [5.74, 6) is -0.556. The number of rotatable bonds is 8. The van der Waals surface area contributed by atoms with Gasteiger partial charge in [0, 0.05) is 12.1 Å². The van der Waals surface area contributed by atoms with Crippen LogP contribution in [0.2, 0.25) is 0 Å². The van der Waals surface area contributed by atoms with Crippen molar-refractivity contribution in [2.75, 3.05) is 32.9 Å². The lowest BCUT2D eigenvalue weighted by Gasteiger charge is -2.07. The lowest BCUT2D eigenvalue weighted by Crippen LogP contribution is -2.38. The third-order valence-electron chi connectivity index (χ3n) is 2.49. The zero-order valence-electron chi connectivity index (χ0n) is 11.5. The van der Waals surface area contributed by atoms with Gasteiger partial charge in [0.2, 0.25) is 5.91 Å². The van der Waals surface area contributed by atoms with Crippen LogP contribution >= 0.6 is 0 Å². The van der Waals surface area contributed by atoms with E-state index < -0.39 is 0 Å². The Kier molecular flexibility index (Phi) is 7.31. The van der Waals surface area contributed by atoms with Gasteiger partial charge in [-0.3, -0.25) is 9.59 Å². The third kappa shape index (κ3) is 6.31. The first kappa shape index (κ1) is 16.1. The Morgan fingerprint density at radius 1 is 1.25 bits per heavy atom. The van der Waals surface area contributed by atoms with Gasteiger partial charge in [0.25, 0.3) is 5.91 Å². The largest absolute Gasteiger partial charge is 0.394 e. The summed E-state index contributed by atoms with van der Waals surface area (Å²) in [6, 6.07) is 7.15. The van der Waals surface area contributed by atoms with Crippen molar-refractivity contribution in [3.05, 3.63) is 35.4 Å². The molecule has 0 atom stereocenters. The van der Waals surface area contributed by atoms with Crippen molar-refractivity contribution in [2.45, 2.75) is 6.92 Å². The summed E-state index contributed by atoms with van der Waals surface area (Å²) in [5.41, 5.74) is 1.52. The van der Waals surface area contributed by atoms with Crippen LogP contribution in [0.3, 0.4) is 0 Å². The molecule has 0 heterocycles. The van der Waals surface area contributed by atoms with E-state index in [-0.39, 0.29) is 31.6 Å². The highest BCUT2D eigenvalue weighted by molar-refractivity contribution is 5.96.